The fourth-order valence-electron chi connectivity index (χ4n) is 1.17. The normalized spacial score (nSPS) is 13.6. The molecule has 0 spiro atoms. The van der Waals surface area contributed by atoms with Gasteiger partial charge in [0.15, 0.2) is 0 Å². The summed E-state index contributed by atoms with van der Waals surface area (Å²) in [6.07, 6.45) is 10.3. The molecule has 0 fully saturated rings. The number of hydrogen-bond acceptors (Lipinski definition) is 1. The second-order valence-corrected chi connectivity index (χ2v) is 6.17. The van der Waals surface area contributed by atoms with E-state index in [2.05, 4.69) is 41.0 Å². The summed E-state index contributed by atoms with van der Waals surface area (Å²) in [5.41, 5.74) is 0. The maximum Gasteiger partial charge on any atom is 1.00 e. The number of aromatic nitrogens is 2. The minimum Gasteiger partial charge on any atom is -0.265 e. The summed E-state index contributed by atoms with van der Waals surface area (Å²) in [4.78, 5) is 3.78. The number of pyridine rings is 1. The molecule has 0 amide bonds. The summed E-state index contributed by atoms with van der Waals surface area (Å²) >= 11 is 0. The predicted octanol–water partition coefficient (Wildman–Crippen LogP) is 6.86. The van der Waals surface area contributed by atoms with Crippen LogP contribution < -0.4 is 0 Å². The SMILES string of the molecule is CCCCn1cccc1.F[P-](F)(F)(F)(F)F.[H+].c1ccncc1. The maximum absolute atomic E-state index is 10.7. The van der Waals surface area contributed by atoms with Gasteiger partial charge in [0.05, 0.1) is 0 Å². The Morgan fingerprint density at radius 1 is 0.864 bits per heavy atom. The fraction of sp³-hybridized carbons (Fsp3) is 0.308. The van der Waals surface area contributed by atoms with Crippen LogP contribution in [-0.4, -0.2) is 9.55 Å². The molecule has 0 aliphatic heterocycles. The van der Waals surface area contributed by atoms with E-state index in [-0.39, 0.29) is 1.43 Å². The van der Waals surface area contributed by atoms with E-state index in [0.717, 1.165) is 0 Å². The topological polar surface area (TPSA) is 17.8 Å². The molecule has 0 unspecified atom stereocenters. The van der Waals surface area contributed by atoms with Crippen molar-refractivity contribution >= 4 is 7.81 Å². The number of halogens is 6. The molecule has 0 aliphatic carbocycles. The van der Waals surface area contributed by atoms with Gasteiger partial charge in [0.1, 0.15) is 0 Å². The average Bonchev–Trinajstić information content (AvgIpc) is 2.88. The molecule has 22 heavy (non-hydrogen) atoms. The molecule has 2 aromatic heterocycles. The molecule has 0 radical (unpaired) electrons. The summed E-state index contributed by atoms with van der Waals surface area (Å²) in [5, 5.41) is 0. The van der Waals surface area contributed by atoms with E-state index in [0.29, 0.717) is 0 Å². The van der Waals surface area contributed by atoms with E-state index < -0.39 is 7.81 Å². The molecule has 2 heterocycles. The quantitative estimate of drug-likeness (QED) is 0.437. The number of nitrogens with zero attached hydrogens (tertiary/aromatic N) is 2. The van der Waals surface area contributed by atoms with E-state index >= 15 is 0 Å². The molecular weight excluding hydrogens is 329 g/mol. The first-order valence-electron chi connectivity index (χ1n) is 6.40. The van der Waals surface area contributed by atoms with Crippen molar-refractivity contribution in [2.75, 3.05) is 0 Å². The number of unbranched alkanes of at least 4 members (excludes halogenated alkanes) is 1. The minimum absolute atomic E-state index is 0. The van der Waals surface area contributed by atoms with E-state index in [1.807, 2.05) is 18.2 Å². The molecule has 0 aliphatic rings. The van der Waals surface area contributed by atoms with Gasteiger partial charge in [0.2, 0.25) is 0 Å². The monoisotopic (exact) mass is 348 g/mol. The van der Waals surface area contributed by atoms with Crippen LogP contribution in [0.3, 0.4) is 0 Å². The van der Waals surface area contributed by atoms with Gasteiger partial charge in [-0.05, 0) is 30.7 Å². The second kappa shape index (κ2) is 7.63. The molecule has 0 saturated carbocycles. The van der Waals surface area contributed by atoms with Gasteiger partial charge in [0, 0.05) is 31.3 Å². The van der Waals surface area contributed by atoms with Crippen molar-refractivity contribution in [1.82, 2.24) is 9.55 Å². The third-order valence-corrected chi connectivity index (χ3v) is 2.00. The van der Waals surface area contributed by atoms with Crippen molar-refractivity contribution < 1.29 is 26.6 Å². The first kappa shape index (κ1) is 20.4. The third kappa shape index (κ3) is 23.5. The Bertz CT molecular complexity index is 463. The van der Waals surface area contributed by atoms with Gasteiger partial charge < -0.3 is 4.57 Å². The zero-order chi connectivity index (χ0) is 17.2. The van der Waals surface area contributed by atoms with Crippen LogP contribution in [0.2, 0.25) is 0 Å². The van der Waals surface area contributed by atoms with Gasteiger partial charge in [-0.25, -0.2) is 0 Å². The number of aryl methyl sites for hydroxylation is 1. The van der Waals surface area contributed by atoms with E-state index in [9.17, 15) is 25.2 Å². The van der Waals surface area contributed by atoms with Gasteiger partial charge >= 0.3 is 34.4 Å². The Balaban J connectivity index is 0. The summed E-state index contributed by atoms with van der Waals surface area (Å²) in [6.45, 7) is 3.38. The molecule has 9 heteroatoms. The Morgan fingerprint density at radius 3 is 1.59 bits per heavy atom. The molecule has 0 N–H and O–H groups in total. The van der Waals surface area contributed by atoms with Crippen LogP contribution in [0.25, 0.3) is 0 Å². The molecule has 0 saturated heterocycles. The summed E-state index contributed by atoms with van der Waals surface area (Å²) < 4.78 is 61.4. The summed E-state index contributed by atoms with van der Waals surface area (Å²) in [6, 6.07) is 9.85. The molecule has 0 bridgehead atoms. The van der Waals surface area contributed by atoms with Crippen LogP contribution >= 0.6 is 7.81 Å². The van der Waals surface area contributed by atoms with Crippen molar-refractivity contribution in [2.24, 2.45) is 0 Å². The Kier molecular flexibility index (Phi) is 7.09. The van der Waals surface area contributed by atoms with Crippen LogP contribution in [0.4, 0.5) is 25.2 Å². The van der Waals surface area contributed by atoms with Gasteiger partial charge in [-0.2, -0.15) is 0 Å². The van der Waals surface area contributed by atoms with Crippen molar-refractivity contribution in [3.8, 4) is 0 Å². The fourth-order valence-corrected chi connectivity index (χ4v) is 1.17. The number of rotatable bonds is 3. The Morgan fingerprint density at radius 2 is 1.32 bits per heavy atom. The molecule has 0 atom stereocenters. The number of hydrogen-bond donors (Lipinski definition) is 0. The first-order chi connectivity index (χ1) is 9.88. The van der Waals surface area contributed by atoms with Gasteiger partial charge in [-0.15, -0.1) is 0 Å². The van der Waals surface area contributed by atoms with Crippen LogP contribution in [0.15, 0.2) is 55.1 Å². The predicted molar refractivity (Wildman–Crippen MR) is 78.3 cm³/mol. The Labute approximate surface area is 126 Å². The maximum atomic E-state index is 9.87. The summed E-state index contributed by atoms with van der Waals surface area (Å²) in [7, 11) is -10.7. The van der Waals surface area contributed by atoms with Crippen molar-refractivity contribution in [1.29, 1.82) is 0 Å². The van der Waals surface area contributed by atoms with Crippen molar-refractivity contribution in [3.63, 3.8) is 0 Å². The molecule has 2 aromatic rings. The van der Waals surface area contributed by atoms with Gasteiger partial charge in [-0.3, -0.25) is 4.98 Å². The molecule has 128 valence electrons. The van der Waals surface area contributed by atoms with Crippen LogP contribution in [-0.2, 0) is 6.54 Å². The minimum atomic E-state index is -10.7. The summed E-state index contributed by atoms with van der Waals surface area (Å²) in [5.74, 6) is 0. The first-order valence-corrected chi connectivity index (χ1v) is 8.43. The Hall–Kier alpha value is -1.56. The standard InChI is InChI=1S/C8H13N.C5H5N.F6P/c1-2-3-6-9-7-4-5-8-9;1-2-4-6-5-3-1;1-7(2,3,4,5)6/h4-5,7-8H,2-3,6H2,1H3;1-5H;/q;;-1/p+1. The van der Waals surface area contributed by atoms with Gasteiger partial charge in [-0.1, -0.05) is 19.4 Å². The zero-order valence-electron chi connectivity index (χ0n) is 12.9. The largest absolute Gasteiger partial charge is 1.00 e. The third-order valence-electron chi connectivity index (χ3n) is 2.00. The van der Waals surface area contributed by atoms with Gasteiger partial charge in [0.25, 0.3) is 0 Å². The molecular formula is C13H19F6N2P. The molecule has 0 aromatic carbocycles. The van der Waals surface area contributed by atoms with E-state index in [1.165, 1.54) is 19.4 Å². The second-order valence-electron chi connectivity index (χ2n) is 4.26. The zero-order valence-corrected chi connectivity index (χ0v) is 12.8. The van der Waals surface area contributed by atoms with Crippen LogP contribution in [0.1, 0.15) is 21.2 Å². The smallest absolute Gasteiger partial charge is 0.265 e. The van der Waals surface area contributed by atoms with E-state index in [1.54, 1.807) is 12.4 Å². The van der Waals surface area contributed by atoms with Crippen molar-refractivity contribution in [3.05, 3.63) is 55.1 Å². The van der Waals surface area contributed by atoms with E-state index in [4.69, 9.17) is 0 Å². The average molecular weight is 348 g/mol. The van der Waals surface area contributed by atoms with Crippen molar-refractivity contribution in [2.45, 2.75) is 26.3 Å². The van der Waals surface area contributed by atoms with Crippen LogP contribution in [0.5, 0.6) is 0 Å². The molecule has 2 rings (SSSR count). The van der Waals surface area contributed by atoms with Crippen LogP contribution in [0, 0.1) is 0 Å². The molecule has 2 nitrogen and oxygen atoms in total.